The zero-order valence-electron chi connectivity index (χ0n) is 10.3. The van der Waals surface area contributed by atoms with Gasteiger partial charge in [-0.1, -0.05) is 36.3 Å². The van der Waals surface area contributed by atoms with Crippen LogP contribution in [0.1, 0.15) is 12.5 Å². The van der Waals surface area contributed by atoms with Crippen molar-refractivity contribution in [1.29, 1.82) is 0 Å². The first-order chi connectivity index (χ1) is 8.58. The van der Waals surface area contributed by atoms with E-state index in [2.05, 4.69) is 10.9 Å². The Balaban J connectivity index is 2.30. The standard InChI is InChI=1S/C14H15N3O/c1-3-9-17-13(18)16-12(15)14(17,2)10-11-7-5-4-6-8-11/h1,4-8H,9-10H2,2H3,(H2,15,16,18). The predicted molar refractivity (Wildman–Crippen MR) is 71.1 cm³/mol. The van der Waals surface area contributed by atoms with Crippen LogP contribution in [-0.4, -0.2) is 28.9 Å². The third-order valence-corrected chi connectivity index (χ3v) is 3.24. The number of benzene rings is 1. The number of carbonyl (C=O) groups is 1. The predicted octanol–water partition coefficient (Wildman–Crippen LogP) is 1.41. The van der Waals surface area contributed by atoms with Gasteiger partial charge < -0.3 is 5.73 Å². The summed E-state index contributed by atoms with van der Waals surface area (Å²) in [4.78, 5) is 17.1. The van der Waals surface area contributed by atoms with E-state index < -0.39 is 5.54 Å². The first-order valence-corrected chi connectivity index (χ1v) is 5.71. The summed E-state index contributed by atoms with van der Waals surface area (Å²) >= 11 is 0. The molecule has 4 heteroatoms. The molecule has 1 atom stereocenters. The zero-order valence-corrected chi connectivity index (χ0v) is 10.3. The maximum atomic E-state index is 11.7. The molecule has 18 heavy (non-hydrogen) atoms. The fourth-order valence-electron chi connectivity index (χ4n) is 2.15. The molecule has 2 rings (SSSR count). The van der Waals surface area contributed by atoms with Crippen molar-refractivity contribution in [2.24, 2.45) is 10.7 Å². The number of terminal acetylenes is 1. The molecule has 1 heterocycles. The fourth-order valence-corrected chi connectivity index (χ4v) is 2.15. The number of rotatable bonds is 3. The van der Waals surface area contributed by atoms with E-state index >= 15 is 0 Å². The molecular formula is C14H15N3O. The Kier molecular flexibility index (Phi) is 3.07. The van der Waals surface area contributed by atoms with Crippen LogP contribution < -0.4 is 5.73 Å². The fraction of sp³-hybridized carbons (Fsp3) is 0.286. The second-order valence-electron chi connectivity index (χ2n) is 4.51. The molecule has 0 radical (unpaired) electrons. The molecule has 92 valence electrons. The molecule has 1 aromatic rings. The molecule has 1 aliphatic heterocycles. The zero-order chi connectivity index (χ0) is 13.2. The molecule has 0 bridgehead atoms. The van der Waals surface area contributed by atoms with Gasteiger partial charge in [-0.05, 0) is 12.5 Å². The molecule has 0 saturated carbocycles. The van der Waals surface area contributed by atoms with E-state index in [0.29, 0.717) is 12.3 Å². The molecule has 4 nitrogen and oxygen atoms in total. The van der Waals surface area contributed by atoms with Crippen LogP contribution in [0.3, 0.4) is 0 Å². The maximum absolute atomic E-state index is 11.7. The summed E-state index contributed by atoms with van der Waals surface area (Å²) in [5, 5.41) is 0. The largest absolute Gasteiger partial charge is 0.385 e. The van der Waals surface area contributed by atoms with Crippen molar-refractivity contribution >= 4 is 11.9 Å². The summed E-state index contributed by atoms with van der Waals surface area (Å²) in [7, 11) is 0. The van der Waals surface area contributed by atoms with E-state index in [0.717, 1.165) is 5.56 Å². The molecule has 1 aliphatic rings. The van der Waals surface area contributed by atoms with Crippen LogP contribution in [-0.2, 0) is 6.42 Å². The number of nitrogens with two attached hydrogens (primary N) is 1. The Morgan fingerprint density at radius 2 is 2.11 bits per heavy atom. The molecule has 2 amide bonds. The molecule has 0 aromatic heterocycles. The van der Waals surface area contributed by atoms with Gasteiger partial charge in [-0.3, -0.25) is 4.90 Å². The van der Waals surface area contributed by atoms with Crippen molar-refractivity contribution in [3.8, 4) is 12.3 Å². The molecule has 1 aromatic carbocycles. The number of amides is 2. The van der Waals surface area contributed by atoms with Crippen molar-refractivity contribution in [3.63, 3.8) is 0 Å². The average Bonchev–Trinajstić information content (AvgIpc) is 2.55. The summed E-state index contributed by atoms with van der Waals surface area (Å²) < 4.78 is 0. The van der Waals surface area contributed by atoms with E-state index in [-0.39, 0.29) is 12.6 Å². The van der Waals surface area contributed by atoms with Gasteiger partial charge in [-0.2, -0.15) is 4.99 Å². The van der Waals surface area contributed by atoms with Crippen LogP contribution in [0.4, 0.5) is 4.79 Å². The minimum Gasteiger partial charge on any atom is -0.385 e. The minimum absolute atomic E-state index is 0.215. The van der Waals surface area contributed by atoms with Crippen LogP contribution in [0.25, 0.3) is 0 Å². The van der Waals surface area contributed by atoms with Gasteiger partial charge in [0.05, 0.1) is 6.54 Å². The lowest BCUT2D eigenvalue weighted by atomic mass is 9.91. The van der Waals surface area contributed by atoms with E-state index in [1.807, 2.05) is 37.3 Å². The van der Waals surface area contributed by atoms with E-state index in [1.165, 1.54) is 4.90 Å². The van der Waals surface area contributed by atoms with Crippen molar-refractivity contribution < 1.29 is 4.79 Å². The van der Waals surface area contributed by atoms with Crippen LogP contribution in [0.2, 0.25) is 0 Å². The number of carbonyl (C=O) groups excluding carboxylic acids is 1. The van der Waals surface area contributed by atoms with Crippen molar-refractivity contribution in [1.82, 2.24) is 4.90 Å². The lowest BCUT2D eigenvalue weighted by Crippen LogP contribution is -2.53. The highest BCUT2D eigenvalue weighted by atomic mass is 16.2. The van der Waals surface area contributed by atoms with Gasteiger partial charge >= 0.3 is 6.03 Å². The Labute approximate surface area is 107 Å². The Morgan fingerprint density at radius 1 is 1.44 bits per heavy atom. The quantitative estimate of drug-likeness (QED) is 0.813. The second kappa shape index (κ2) is 4.53. The summed E-state index contributed by atoms with van der Waals surface area (Å²) in [6.07, 6.45) is 5.90. The number of aliphatic imine (C=N–C) groups is 1. The Bertz CT molecular complexity index is 530. The smallest absolute Gasteiger partial charge is 0.346 e. The third-order valence-electron chi connectivity index (χ3n) is 3.24. The van der Waals surface area contributed by atoms with Gasteiger partial charge in [0.1, 0.15) is 11.4 Å². The molecule has 0 spiro atoms. The highest BCUT2D eigenvalue weighted by molar-refractivity contribution is 6.05. The van der Waals surface area contributed by atoms with Crippen LogP contribution >= 0.6 is 0 Å². The average molecular weight is 241 g/mol. The van der Waals surface area contributed by atoms with Gasteiger partial charge in [-0.25, -0.2) is 4.79 Å². The first kappa shape index (κ1) is 12.2. The number of nitrogens with zero attached hydrogens (tertiary/aromatic N) is 2. The number of hydrogen-bond donors (Lipinski definition) is 1. The van der Waals surface area contributed by atoms with Gasteiger partial charge in [0.15, 0.2) is 0 Å². The van der Waals surface area contributed by atoms with Gasteiger partial charge in [-0.15, -0.1) is 6.42 Å². The third kappa shape index (κ3) is 1.95. The molecule has 0 aliphatic carbocycles. The van der Waals surface area contributed by atoms with Gasteiger partial charge in [0, 0.05) is 6.42 Å². The summed E-state index contributed by atoms with van der Waals surface area (Å²) in [5.74, 6) is 2.80. The lowest BCUT2D eigenvalue weighted by Gasteiger charge is -2.33. The van der Waals surface area contributed by atoms with Gasteiger partial charge in [0.25, 0.3) is 0 Å². The number of urea groups is 1. The SMILES string of the molecule is C#CCN1C(=O)N=C(N)C1(C)Cc1ccccc1. The van der Waals surface area contributed by atoms with E-state index in [9.17, 15) is 4.79 Å². The molecule has 0 fully saturated rings. The highest BCUT2D eigenvalue weighted by Gasteiger charge is 2.44. The van der Waals surface area contributed by atoms with Crippen LogP contribution in [0.5, 0.6) is 0 Å². The summed E-state index contributed by atoms with van der Waals surface area (Å²) in [6.45, 7) is 2.10. The first-order valence-electron chi connectivity index (χ1n) is 5.71. The molecular weight excluding hydrogens is 226 g/mol. The molecule has 0 saturated heterocycles. The Morgan fingerprint density at radius 3 is 2.72 bits per heavy atom. The molecule has 1 unspecified atom stereocenters. The van der Waals surface area contributed by atoms with Crippen LogP contribution in [0.15, 0.2) is 35.3 Å². The summed E-state index contributed by atoms with van der Waals surface area (Å²) in [5.41, 5.74) is 6.35. The van der Waals surface area contributed by atoms with E-state index in [4.69, 9.17) is 12.2 Å². The maximum Gasteiger partial charge on any atom is 0.346 e. The van der Waals surface area contributed by atoms with Crippen LogP contribution in [0, 0.1) is 12.3 Å². The minimum atomic E-state index is -0.634. The topological polar surface area (TPSA) is 58.7 Å². The Hall–Kier alpha value is -2.28. The molecule has 2 N–H and O–H groups in total. The number of amidine groups is 1. The lowest BCUT2D eigenvalue weighted by molar-refractivity contribution is 0.188. The second-order valence-corrected chi connectivity index (χ2v) is 4.51. The highest BCUT2D eigenvalue weighted by Crippen LogP contribution is 2.26. The number of hydrogen-bond acceptors (Lipinski definition) is 2. The van der Waals surface area contributed by atoms with Crippen molar-refractivity contribution in [2.45, 2.75) is 18.9 Å². The van der Waals surface area contributed by atoms with Crippen molar-refractivity contribution in [3.05, 3.63) is 35.9 Å². The van der Waals surface area contributed by atoms with E-state index in [1.54, 1.807) is 0 Å². The monoisotopic (exact) mass is 241 g/mol. The summed E-state index contributed by atoms with van der Waals surface area (Å²) in [6, 6.07) is 9.49. The van der Waals surface area contributed by atoms with Crippen molar-refractivity contribution in [2.75, 3.05) is 6.54 Å². The van der Waals surface area contributed by atoms with Gasteiger partial charge in [0.2, 0.25) is 0 Å². The normalized spacial score (nSPS) is 22.8.